The van der Waals surface area contributed by atoms with Crippen LogP contribution in [0.5, 0.6) is 0 Å². The number of hydrogen-bond donors (Lipinski definition) is 0. The molecule has 3 nitrogen and oxygen atoms in total. The van der Waals surface area contributed by atoms with Crippen LogP contribution in [0.4, 0.5) is 0 Å². The Kier molecular flexibility index (Phi) is 7.00. The number of unbranched alkanes of at least 4 members (excludes halogenated alkanes) is 2. The lowest BCUT2D eigenvalue weighted by atomic mass is 10.2. The van der Waals surface area contributed by atoms with Gasteiger partial charge in [-0.25, -0.2) is 8.42 Å². The van der Waals surface area contributed by atoms with Crippen LogP contribution in [0.15, 0.2) is 24.3 Å². The minimum Gasteiger partial charge on any atom is -0.377 e. The molecular formula is C12H16Cl2O3S. The van der Waals surface area contributed by atoms with Gasteiger partial charge in [0.05, 0.1) is 12.4 Å². The summed E-state index contributed by atoms with van der Waals surface area (Å²) in [4.78, 5) is 0. The summed E-state index contributed by atoms with van der Waals surface area (Å²) in [5.41, 5.74) is 1.03. The molecule has 0 bridgehead atoms. The Morgan fingerprint density at radius 1 is 1.17 bits per heavy atom. The van der Waals surface area contributed by atoms with Gasteiger partial charge in [0.15, 0.2) is 0 Å². The maximum absolute atomic E-state index is 10.7. The van der Waals surface area contributed by atoms with E-state index in [-0.39, 0.29) is 5.75 Å². The Labute approximate surface area is 117 Å². The second-order valence-corrected chi connectivity index (χ2v) is 7.32. The molecule has 6 heteroatoms. The second kappa shape index (κ2) is 8.00. The maximum atomic E-state index is 10.7. The summed E-state index contributed by atoms with van der Waals surface area (Å²) in [6, 6.07) is 7.51. The fourth-order valence-electron chi connectivity index (χ4n) is 1.47. The third-order valence-corrected chi connectivity index (χ3v) is 3.81. The average Bonchev–Trinajstić information content (AvgIpc) is 2.26. The molecule has 0 aromatic heterocycles. The first kappa shape index (κ1) is 15.8. The van der Waals surface area contributed by atoms with Crippen molar-refractivity contribution in [1.29, 1.82) is 0 Å². The molecule has 1 rings (SSSR count). The molecule has 0 N–H and O–H groups in total. The Bertz CT molecular complexity index is 460. The normalized spacial score (nSPS) is 11.7. The molecule has 0 radical (unpaired) electrons. The molecule has 0 atom stereocenters. The van der Waals surface area contributed by atoms with Crippen molar-refractivity contribution in [1.82, 2.24) is 0 Å². The van der Waals surface area contributed by atoms with E-state index >= 15 is 0 Å². The van der Waals surface area contributed by atoms with Crippen molar-refractivity contribution < 1.29 is 13.2 Å². The Hall–Kier alpha value is -0.290. The summed E-state index contributed by atoms with van der Waals surface area (Å²) in [5.74, 6) is 0.0306. The Morgan fingerprint density at radius 2 is 1.94 bits per heavy atom. The largest absolute Gasteiger partial charge is 0.377 e. The summed E-state index contributed by atoms with van der Waals surface area (Å²) in [6.07, 6.45) is 2.20. The number of ether oxygens (including phenoxy) is 1. The lowest BCUT2D eigenvalue weighted by molar-refractivity contribution is 0.117. The SMILES string of the molecule is O=S(=O)(Cl)CCCCCOCc1cccc(Cl)c1. The summed E-state index contributed by atoms with van der Waals surface area (Å²) >= 11 is 5.84. The van der Waals surface area contributed by atoms with Crippen molar-refractivity contribution in [3.8, 4) is 0 Å². The van der Waals surface area contributed by atoms with Crippen molar-refractivity contribution in [2.24, 2.45) is 0 Å². The molecule has 0 aliphatic carbocycles. The van der Waals surface area contributed by atoms with E-state index in [1.807, 2.05) is 24.3 Å². The standard InChI is InChI=1S/C12H16Cl2O3S/c13-12-6-4-5-11(9-12)10-17-7-2-1-3-8-18(14,15)16/h4-6,9H,1-3,7-8,10H2. The van der Waals surface area contributed by atoms with Gasteiger partial charge in [-0.15, -0.1) is 0 Å². The highest BCUT2D eigenvalue weighted by Crippen LogP contribution is 2.11. The molecule has 0 aliphatic heterocycles. The highest BCUT2D eigenvalue weighted by Gasteiger charge is 2.03. The molecule has 0 spiro atoms. The van der Waals surface area contributed by atoms with Crippen molar-refractivity contribution in [2.75, 3.05) is 12.4 Å². The summed E-state index contributed by atoms with van der Waals surface area (Å²) < 4.78 is 26.8. The first-order valence-corrected chi connectivity index (χ1v) is 8.57. The van der Waals surface area contributed by atoms with Crippen molar-refractivity contribution in [3.63, 3.8) is 0 Å². The molecule has 1 aromatic carbocycles. The fourth-order valence-corrected chi connectivity index (χ4v) is 2.56. The fraction of sp³-hybridized carbons (Fsp3) is 0.500. The molecule has 0 fully saturated rings. The first-order valence-electron chi connectivity index (χ1n) is 5.72. The molecule has 0 unspecified atom stereocenters. The van der Waals surface area contributed by atoms with Gasteiger partial charge >= 0.3 is 0 Å². The summed E-state index contributed by atoms with van der Waals surface area (Å²) in [6.45, 7) is 1.13. The van der Waals surface area contributed by atoms with E-state index in [0.29, 0.717) is 24.7 Å². The van der Waals surface area contributed by atoms with Crippen LogP contribution < -0.4 is 0 Å². The molecule has 0 aliphatic rings. The van der Waals surface area contributed by atoms with Crippen molar-refractivity contribution in [2.45, 2.75) is 25.9 Å². The van der Waals surface area contributed by atoms with Gasteiger partial charge in [0.1, 0.15) is 0 Å². The minimum absolute atomic E-state index is 0.0306. The van der Waals surface area contributed by atoms with E-state index < -0.39 is 9.05 Å². The Morgan fingerprint density at radius 3 is 2.61 bits per heavy atom. The van der Waals surface area contributed by atoms with E-state index in [1.165, 1.54) is 0 Å². The molecule has 0 saturated heterocycles. The van der Waals surface area contributed by atoms with Crippen molar-refractivity contribution >= 4 is 31.3 Å². The topological polar surface area (TPSA) is 43.4 Å². The van der Waals surface area contributed by atoms with Gasteiger partial charge in [-0.2, -0.15) is 0 Å². The van der Waals surface area contributed by atoms with E-state index in [1.54, 1.807) is 0 Å². The lowest BCUT2D eigenvalue weighted by Crippen LogP contribution is -1.99. The van der Waals surface area contributed by atoms with Crippen LogP contribution in [0.3, 0.4) is 0 Å². The molecule has 0 heterocycles. The zero-order valence-corrected chi connectivity index (χ0v) is 12.3. The van der Waals surface area contributed by atoms with Gasteiger partial charge in [-0.3, -0.25) is 0 Å². The highest BCUT2D eigenvalue weighted by molar-refractivity contribution is 8.13. The van der Waals surface area contributed by atoms with Crippen LogP contribution in [0.1, 0.15) is 24.8 Å². The number of hydrogen-bond acceptors (Lipinski definition) is 3. The summed E-state index contributed by atoms with van der Waals surface area (Å²) in [7, 11) is 1.75. The second-order valence-electron chi connectivity index (χ2n) is 3.99. The first-order chi connectivity index (χ1) is 8.47. The Balaban J connectivity index is 2.06. The highest BCUT2D eigenvalue weighted by atomic mass is 35.7. The van der Waals surface area contributed by atoms with Gasteiger partial charge in [-0.1, -0.05) is 30.2 Å². The predicted molar refractivity (Wildman–Crippen MR) is 74.6 cm³/mol. The quantitative estimate of drug-likeness (QED) is 0.544. The zero-order chi connectivity index (χ0) is 13.4. The van der Waals surface area contributed by atoms with Gasteiger partial charge in [-0.05, 0) is 30.5 Å². The molecule has 18 heavy (non-hydrogen) atoms. The van der Waals surface area contributed by atoms with E-state index in [0.717, 1.165) is 18.4 Å². The number of halogens is 2. The molecule has 0 amide bonds. The third kappa shape index (κ3) is 7.93. The van der Waals surface area contributed by atoms with Crippen LogP contribution in [0.25, 0.3) is 0 Å². The van der Waals surface area contributed by atoms with Gasteiger partial charge in [0, 0.05) is 22.3 Å². The van der Waals surface area contributed by atoms with Crippen molar-refractivity contribution in [3.05, 3.63) is 34.9 Å². The van der Waals surface area contributed by atoms with Crippen LogP contribution in [-0.4, -0.2) is 20.8 Å². The monoisotopic (exact) mass is 310 g/mol. The average molecular weight is 311 g/mol. The molecule has 1 aromatic rings. The van der Waals surface area contributed by atoms with Crippen LogP contribution in [-0.2, 0) is 20.4 Å². The van der Waals surface area contributed by atoms with E-state index in [9.17, 15) is 8.42 Å². The minimum atomic E-state index is -3.35. The predicted octanol–water partition coefficient (Wildman–Crippen LogP) is 3.60. The molecular weight excluding hydrogens is 295 g/mol. The lowest BCUT2D eigenvalue weighted by Gasteiger charge is -2.04. The molecule has 0 saturated carbocycles. The zero-order valence-electron chi connectivity index (χ0n) is 9.94. The van der Waals surface area contributed by atoms with Crippen LogP contribution in [0.2, 0.25) is 5.02 Å². The smallest absolute Gasteiger partial charge is 0.232 e. The summed E-state index contributed by atoms with van der Waals surface area (Å²) in [5, 5.41) is 0.698. The van der Waals surface area contributed by atoms with Gasteiger partial charge in [0.25, 0.3) is 0 Å². The van der Waals surface area contributed by atoms with Crippen LogP contribution >= 0.6 is 22.3 Å². The third-order valence-electron chi connectivity index (χ3n) is 2.33. The van der Waals surface area contributed by atoms with Crippen LogP contribution in [0, 0.1) is 0 Å². The van der Waals surface area contributed by atoms with E-state index in [2.05, 4.69) is 0 Å². The number of benzene rings is 1. The van der Waals surface area contributed by atoms with E-state index in [4.69, 9.17) is 27.0 Å². The number of rotatable bonds is 8. The van der Waals surface area contributed by atoms with Gasteiger partial charge in [0.2, 0.25) is 9.05 Å². The molecule has 102 valence electrons. The van der Waals surface area contributed by atoms with Gasteiger partial charge < -0.3 is 4.74 Å². The maximum Gasteiger partial charge on any atom is 0.232 e.